The van der Waals surface area contributed by atoms with E-state index < -0.39 is 0 Å². The first-order valence-electron chi connectivity index (χ1n) is 8.43. The van der Waals surface area contributed by atoms with Crippen molar-refractivity contribution in [3.8, 4) is 0 Å². The molecule has 0 radical (unpaired) electrons. The minimum atomic E-state index is 0.791. The summed E-state index contributed by atoms with van der Waals surface area (Å²) in [5.74, 6) is 2.71. The van der Waals surface area contributed by atoms with Crippen LogP contribution >= 0.6 is 11.8 Å². The Kier molecular flexibility index (Phi) is 6.10. The lowest BCUT2D eigenvalue weighted by Gasteiger charge is -2.24. The molecule has 2 aromatic rings. The van der Waals surface area contributed by atoms with Gasteiger partial charge in [0, 0.05) is 18.8 Å². The van der Waals surface area contributed by atoms with Crippen LogP contribution in [-0.2, 0) is 0 Å². The highest BCUT2D eigenvalue weighted by Crippen LogP contribution is 2.36. The van der Waals surface area contributed by atoms with E-state index in [1.807, 2.05) is 6.92 Å². The fourth-order valence-corrected chi connectivity index (χ4v) is 3.70. The molecule has 130 valence electrons. The number of benzene rings is 1. The molecule has 1 aromatic carbocycles. The SMILES string of the molecule is CCN(CC)c1nc(C)nc(Nc2c(C)cc(C)cc2C)c1SC. The summed E-state index contributed by atoms with van der Waals surface area (Å²) in [6.07, 6.45) is 2.08. The van der Waals surface area contributed by atoms with Crippen LogP contribution in [0.4, 0.5) is 17.3 Å². The highest BCUT2D eigenvalue weighted by Gasteiger charge is 2.17. The van der Waals surface area contributed by atoms with E-state index in [0.717, 1.165) is 41.1 Å². The van der Waals surface area contributed by atoms with Gasteiger partial charge in [-0.25, -0.2) is 9.97 Å². The van der Waals surface area contributed by atoms with Gasteiger partial charge in [-0.05, 0) is 58.9 Å². The average molecular weight is 345 g/mol. The second kappa shape index (κ2) is 7.88. The Morgan fingerprint density at radius 1 is 1.00 bits per heavy atom. The molecule has 2 rings (SSSR count). The van der Waals surface area contributed by atoms with Crippen molar-refractivity contribution < 1.29 is 0 Å². The minimum Gasteiger partial charge on any atom is -0.356 e. The number of aryl methyl sites for hydroxylation is 4. The monoisotopic (exact) mass is 344 g/mol. The summed E-state index contributed by atoms with van der Waals surface area (Å²) >= 11 is 1.69. The fourth-order valence-electron chi connectivity index (χ4n) is 3.05. The van der Waals surface area contributed by atoms with Crippen molar-refractivity contribution in [2.24, 2.45) is 0 Å². The maximum absolute atomic E-state index is 4.70. The second-order valence-electron chi connectivity index (χ2n) is 6.05. The molecule has 1 aromatic heterocycles. The van der Waals surface area contributed by atoms with Crippen LogP contribution in [0.25, 0.3) is 0 Å². The van der Waals surface area contributed by atoms with Gasteiger partial charge in [0.15, 0.2) is 0 Å². The molecule has 1 N–H and O–H groups in total. The first-order valence-corrected chi connectivity index (χ1v) is 9.66. The Bertz CT molecular complexity index is 701. The summed E-state index contributed by atoms with van der Waals surface area (Å²) < 4.78 is 0. The van der Waals surface area contributed by atoms with Gasteiger partial charge in [0.05, 0.1) is 4.90 Å². The molecule has 0 aliphatic heterocycles. The molecular weight excluding hydrogens is 316 g/mol. The number of rotatable bonds is 6. The van der Waals surface area contributed by atoms with Crippen LogP contribution in [0.1, 0.15) is 36.4 Å². The van der Waals surface area contributed by atoms with Crippen molar-refractivity contribution in [3.63, 3.8) is 0 Å². The van der Waals surface area contributed by atoms with Crippen molar-refractivity contribution in [1.29, 1.82) is 0 Å². The van der Waals surface area contributed by atoms with Crippen LogP contribution in [0, 0.1) is 27.7 Å². The van der Waals surface area contributed by atoms with Gasteiger partial charge in [0.2, 0.25) is 0 Å². The molecule has 0 amide bonds. The number of hydrogen-bond donors (Lipinski definition) is 1. The average Bonchev–Trinajstić information content (AvgIpc) is 2.52. The standard InChI is InChI=1S/C19H28N4S/c1-8-23(9-2)19-17(24-7)18(20-15(6)21-19)22-16-13(4)10-12(3)11-14(16)5/h10-11H,8-9H2,1-7H3,(H,20,21,22). The zero-order valence-corrected chi connectivity index (χ0v) is 16.6. The van der Waals surface area contributed by atoms with Gasteiger partial charge in [-0.15, -0.1) is 11.8 Å². The van der Waals surface area contributed by atoms with Gasteiger partial charge in [0.25, 0.3) is 0 Å². The third-order valence-corrected chi connectivity index (χ3v) is 4.93. The lowest BCUT2D eigenvalue weighted by Crippen LogP contribution is -2.24. The Balaban J connectivity index is 2.55. The lowest BCUT2D eigenvalue weighted by molar-refractivity contribution is 0.818. The van der Waals surface area contributed by atoms with Crippen LogP contribution < -0.4 is 10.2 Å². The number of thioether (sulfide) groups is 1. The third-order valence-electron chi connectivity index (χ3n) is 4.15. The fraction of sp³-hybridized carbons (Fsp3) is 0.474. The smallest absolute Gasteiger partial charge is 0.150 e. The Hall–Kier alpha value is -1.75. The molecule has 0 spiro atoms. The summed E-state index contributed by atoms with van der Waals surface area (Å²) in [6.45, 7) is 14.5. The Morgan fingerprint density at radius 3 is 2.08 bits per heavy atom. The van der Waals surface area contributed by atoms with Gasteiger partial charge in [-0.2, -0.15) is 0 Å². The highest BCUT2D eigenvalue weighted by atomic mass is 32.2. The molecule has 0 saturated carbocycles. The van der Waals surface area contributed by atoms with Crippen LogP contribution in [0.3, 0.4) is 0 Å². The first kappa shape index (κ1) is 18.6. The summed E-state index contributed by atoms with van der Waals surface area (Å²) in [5, 5.41) is 3.57. The predicted molar refractivity (Wildman–Crippen MR) is 106 cm³/mol. The number of nitrogens with zero attached hydrogens (tertiary/aromatic N) is 3. The minimum absolute atomic E-state index is 0.791. The molecule has 0 aliphatic carbocycles. The van der Waals surface area contributed by atoms with Crippen LogP contribution in [0.2, 0.25) is 0 Å². The number of hydrogen-bond acceptors (Lipinski definition) is 5. The van der Waals surface area contributed by atoms with E-state index in [1.165, 1.54) is 16.7 Å². The van der Waals surface area contributed by atoms with E-state index in [2.05, 4.69) is 68.2 Å². The van der Waals surface area contributed by atoms with E-state index in [4.69, 9.17) is 4.98 Å². The zero-order chi connectivity index (χ0) is 17.9. The van der Waals surface area contributed by atoms with Crippen LogP contribution in [0.15, 0.2) is 17.0 Å². The van der Waals surface area contributed by atoms with Gasteiger partial charge < -0.3 is 10.2 Å². The predicted octanol–water partition coefficient (Wildman–Crippen LogP) is 5.02. The Morgan fingerprint density at radius 2 is 1.58 bits per heavy atom. The normalized spacial score (nSPS) is 10.8. The second-order valence-corrected chi connectivity index (χ2v) is 6.86. The zero-order valence-electron chi connectivity index (χ0n) is 15.8. The van der Waals surface area contributed by atoms with Gasteiger partial charge in [0.1, 0.15) is 17.5 Å². The maximum atomic E-state index is 4.70. The topological polar surface area (TPSA) is 41.1 Å². The number of anilines is 3. The molecule has 0 saturated heterocycles. The molecule has 24 heavy (non-hydrogen) atoms. The highest BCUT2D eigenvalue weighted by molar-refractivity contribution is 7.99. The molecule has 0 bridgehead atoms. The van der Waals surface area contributed by atoms with Gasteiger partial charge in [-0.1, -0.05) is 17.7 Å². The number of aromatic nitrogens is 2. The van der Waals surface area contributed by atoms with Crippen molar-refractivity contribution in [2.75, 3.05) is 29.6 Å². The van der Waals surface area contributed by atoms with Crippen molar-refractivity contribution in [3.05, 3.63) is 34.6 Å². The molecule has 0 atom stereocenters. The van der Waals surface area contributed by atoms with E-state index in [0.29, 0.717) is 0 Å². The first-order chi connectivity index (χ1) is 11.4. The van der Waals surface area contributed by atoms with Gasteiger partial charge in [-0.3, -0.25) is 0 Å². The quantitative estimate of drug-likeness (QED) is 0.745. The van der Waals surface area contributed by atoms with E-state index in [9.17, 15) is 0 Å². The third kappa shape index (κ3) is 3.83. The largest absolute Gasteiger partial charge is 0.356 e. The molecule has 1 heterocycles. The Labute approximate surface area is 150 Å². The molecular formula is C19H28N4S. The van der Waals surface area contributed by atoms with E-state index in [-0.39, 0.29) is 0 Å². The van der Waals surface area contributed by atoms with Crippen molar-refractivity contribution >= 4 is 29.1 Å². The maximum Gasteiger partial charge on any atom is 0.150 e. The van der Waals surface area contributed by atoms with E-state index in [1.54, 1.807) is 11.8 Å². The summed E-state index contributed by atoms with van der Waals surface area (Å²) in [4.78, 5) is 12.8. The lowest BCUT2D eigenvalue weighted by atomic mass is 10.1. The molecule has 5 heteroatoms. The molecule has 4 nitrogen and oxygen atoms in total. The van der Waals surface area contributed by atoms with E-state index >= 15 is 0 Å². The summed E-state index contributed by atoms with van der Waals surface area (Å²) in [6, 6.07) is 4.40. The van der Waals surface area contributed by atoms with Crippen molar-refractivity contribution in [1.82, 2.24) is 9.97 Å². The van der Waals surface area contributed by atoms with Crippen molar-refractivity contribution in [2.45, 2.75) is 46.4 Å². The van der Waals surface area contributed by atoms with Crippen LogP contribution in [0.5, 0.6) is 0 Å². The van der Waals surface area contributed by atoms with Crippen LogP contribution in [-0.4, -0.2) is 29.3 Å². The molecule has 0 aliphatic rings. The summed E-state index contributed by atoms with van der Waals surface area (Å²) in [5.41, 5.74) is 4.89. The summed E-state index contributed by atoms with van der Waals surface area (Å²) in [7, 11) is 0. The van der Waals surface area contributed by atoms with Gasteiger partial charge >= 0.3 is 0 Å². The molecule has 0 fully saturated rings. The number of nitrogens with one attached hydrogen (secondary N) is 1. The molecule has 0 unspecified atom stereocenters.